The van der Waals surface area contributed by atoms with Gasteiger partial charge in [-0.3, -0.25) is 5.43 Å². The molecule has 0 aromatic heterocycles. The Morgan fingerprint density at radius 1 is 1.21 bits per heavy atom. The van der Waals surface area contributed by atoms with Gasteiger partial charge in [-0.15, -0.1) is 0 Å². The average molecular weight is 374 g/mol. The topological polar surface area (TPSA) is 56.7 Å². The minimum atomic E-state index is -4.49. The zero-order chi connectivity index (χ0) is 17.7. The van der Waals surface area contributed by atoms with Crippen LogP contribution < -0.4 is 10.7 Å². The van der Waals surface area contributed by atoms with Crippen LogP contribution in [0, 0.1) is 0 Å². The predicted molar refractivity (Wildman–Crippen MR) is 91.5 cm³/mol. The van der Waals surface area contributed by atoms with Crippen LogP contribution in [0.2, 0.25) is 5.02 Å². The van der Waals surface area contributed by atoms with Gasteiger partial charge in [0.1, 0.15) is 5.75 Å². The van der Waals surface area contributed by atoms with Gasteiger partial charge in [0.15, 0.2) is 5.11 Å². The molecule has 0 heterocycles. The summed E-state index contributed by atoms with van der Waals surface area (Å²) in [5.41, 5.74) is 2.03. The van der Waals surface area contributed by atoms with E-state index in [1.54, 1.807) is 18.2 Å². The van der Waals surface area contributed by atoms with Gasteiger partial charge in [-0.1, -0.05) is 23.7 Å². The van der Waals surface area contributed by atoms with Gasteiger partial charge in [0.25, 0.3) is 0 Å². The Morgan fingerprint density at radius 3 is 2.58 bits per heavy atom. The van der Waals surface area contributed by atoms with Crippen LogP contribution in [-0.4, -0.2) is 16.4 Å². The van der Waals surface area contributed by atoms with Crippen molar-refractivity contribution in [3.63, 3.8) is 0 Å². The van der Waals surface area contributed by atoms with Crippen LogP contribution in [0.15, 0.2) is 47.6 Å². The molecular weight excluding hydrogens is 363 g/mol. The van der Waals surface area contributed by atoms with E-state index < -0.39 is 11.7 Å². The molecule has 0 spiro atoms. The Morgan fingerprint density at radius 2 is 1.92 bits per heavy atom. The van der Waals surface area contributed by atoms with Gasteiger partial charge in [0.05, 0.1) is 22.5 Å². The van der Waals surface area contributed by atoms with Crippen LogP contribution in [0.5, 0.6) is 5.75 Å². The first-order valence-corrected chi connectivity index (χ1v) is 7.31. The predicted octanol–water partition coefficient (Wildman–Crippen LogP) is 4.38. The van der Waals surface area contributed by atoms with Crippen molar-refractivity contribution in [3.8, 4) is 5.75 Å². The molecule has 2 aromatic rings. The number of halogens is 4. The van der Waals surface area contributed by atoms with E-state index in [0.717, 1.165) is 18.2 Å². The number of phenols is 1. The largest absolute Gasteiger partial charge is 0.507 e. The molecule has 0 aliphatic heterocycles. The smallest absolute Gasteiger partial charge is 0.416 e. The lowest BCUT2D eigenvalue weighted by Gasteiger charge is -2.12. The van der Waals surface area contributed by atoms with Crippen molar-refractivity contribution in [3.05, 3.63) is 58.6 Å². The van der Waals surface area contributed by atoms with Gasteiger partial charge in [-0.25, -0.2) is 0 Å². The molecule has 3 N–H and O–H groups in total. The normalized spacial score (nSPS) is 11.5. The molecule has 0 atom stereocenters. The van der Waals surface area contributed by atoms with Crippen molar-refractivity contribution < 1.29 is 18.3 Å². The van der Waals surface area contributed by atoms with Gasteiger partial charge < -0.3 is 10.4 Å². The van der Waals surface area contributed by atoms with Crippen LogP contribution in [0.25, 0.3) is 0 Å². The highest BCUT2D eigenvalue weighted by atomic mass is 35.5. The van der Waals surface area contributed by atoms with Crippen LogP contribution in [0.3, 0.4) is 0 Å². The summed E-state index contributed by atoms with van der Waals surface area (Å²) in [6.45, 7) is 0. The molecular formula is C15H11ClF3N3OS. The zero-order valence-electron chi connectivity index (χ0n) is 11.9. The van der Waals surface area contributed by atoms with E-state index in [-0.39, 0.29) is 21.6 Å². The molecule has 0 radical (unpaired) electrons. The van der Waals surface area contributed by atoms with E-state index in [0.29, 0.717) is 5.56 Å². The summed E-state index contributed by atoms with van der Waals surface area (Å²) < 4.78 is 38.1. The minimum Gasteiger partial charge on any atom is -0.507 e. The standard InChI is InChI=1S/C15H11ClF3N3OS/c16-11-6-5-10(15(17,18)19)7-12(11)21-14(24)22-20-8-9-3-1-2-4-13(9)23/h1-8,23H,(H2,21,22,24)/b20-8+. The second-order valence-corrected chi connectivity index (χ2v) is 5.39. The number of rotatable bonds is 3. The van der Waals surface area contributed by atoms with Crippen LogP contribution in [0.1, 0.15) is 11.1 Å². The molecule has 0 saturated carbocycles. The lowest BCUT2D eigenvalue weighted by Crippen LogP contribution is -2.24. The maximum absolute atomic E-state index is 12.7. The molecule has 0 fully saturated rings. The van der Waals surface area contributed by atoms with Gasteiger partial charge in [-0.05, 0) is 42.5 Å². The first-order chi connectivity index (χ1) is 11.3. The van der Waals surface area contributed by atoms with Crippen molar-refractivity contribution in [1.82, 2.24) is 5.43 Å². The highest BCUT2D eigenvalue weighted by molar-refractivity contribution is 7.80. The van der Waals surface area contributed by atoms with Crippen molar-refractivity contribution in [1.29, 1.82) is 0 Å². The zero-order valence-corrected chi connectivity index (χ0v) is 13.5. The third-order valence-electron chi connectivity index (χ3n) is 2.85. The van der Waals surface area contributed by atoms with Crippen LogP contribution >= 0.6 is 23.8 Å². The molecule has 126 valence electrons. The van der Waals surface area contributed by atoms with Gasteiger partial charge in [0, 0.05) is 5.56 Å². The fourth-order valence-corrected chi connectivity index (χ4v) is 2.03. The second-order valence-electron chi connectivity index (χ2n) is 4.58. The fraction of sp³-hybridized carbons (Fsp3) is 0.0667. The summed E-state index contributed by atoms with van der Waals surface area (Å²) in [6.07, 6.45) is -3.17. The summed E-state index contributed by atoms with van der Waals surface area (Å²) in [4.78, 5) is 0. The number of alkyl halides is 3. The molecule has 0 bridgehead atoms. The number of para-hydroxylation sites is 1. The van der Waals surface area contributed by atoms with E-state index >= 15 is 0 Å². The summed E-state index contributed by atoms with van der Waals surface area (Å²) in [5.74, 6) is 0.0304. The SMILES string of the molecule is Oc1ccccc1/C=N/NC(=S)Nc1cc(C(F)(F)F)ccc1Cl. The van der Waals surface area contributed by atoms with E-state index in [1.165, 1.54) is 12.3 Å². The summed E-state index contributed by atoms with van der Waals surface area (Å²) in [7, 11) is 0. The molecule has 0 saturated heterocycles. The number of nitrogens with one attached hydrogen (secondary N) is 2. The molecule has 0 unspecified atom stereocenters. The van der Waals surface area contributed by atoms with Gasteiger partial charge in [-0.2, -0.15) is 18.3 Å². The van der Waals surface area contributed by atoms with Crippen molar-refractivity contribution in [2.24, 2.45) is 5.10 Å². The first-order valence-electron chi connectivity index (χ1n) is 6.52. The molecule has 0 aliphatic carbocycles. The minimum absolute atomic E-state index is 0.00162. The molecule has 9 heteroatoms. The number of phenolic OH excluding ortho intramolecular Hbond substituents is 1. The molecule has 4 nitrogen and oxygen atoms in total. The van der Waals surface area contributed by atoms with Crippen molar-refractivity contribution in [2.75, 3.05) is 5.32 Å². The number of hydrogen-bond donors (Lipinski definition) is 3. The molecule has 24 heavy (non-hydrogen) atoms. The highest BCUT2D eigenvalue weighted by Gasteiger charge is 2.31. The number of hydrogen-bond acceptors (Lipinski definition) is 3. The second kappa shape index (κ2) is 7.50. The number of aromatic hydroxyl groups is 1. The third kappa shape index (κ3) is 4.84. The summed E-state index contributed by atoms with van der Waals surface area (Å²) in [6, 6.07) is 9.33. The summed E-state index contributed by atoms with van der Waals surface area (Å²) in [5, 5.41) is 15.9. The quantitative estimate of drug-likeness (QED) is 0.424. The van der Waals surface area contributed by atoms with E-state index in [4.69, 9.17) is 23.8 Å². The Labute approximate surface area is 146 Å². The Hall–Kier alpha value is -2.32. The number of nitrogens with zero attached hydrogens (tertiary/aromatic N) is 1. The third-order valence-corrected chi connectivity index (χ3v) is 3.37. The Balaban J connectivity index is 2.04. The van der Waals surface area contributed by atoms with Gasteiger partial charge >= 0.3 is 6.18 Å². The van der Waals surface area contributed by atoms with Crippen molar-refractivity contribution >= 4 is 40.8 Å². The lowest BCUT2D eigenvalue weighted by atomic mass is 10.2. The van der Waals surface area contributed by atoms with E-state index in [9.17, 15) is 18.3 Å². The fourth-order valence-electron chi connectivity index (χ4n) is 1.70. The maximum atomic E-state index is 12.7. The average Bonchev–Trinajstić information content (AvgIpc) is 2.50. The summed E-state index contributed by atoms with van der Waals surface area (Å²) >= 11 is 10.8. The molecule has 2 rings (SSSR count). The number of anilines is 1. The Bertz CT molecular complexity index is 781. The molecule has 2 aromatic carbocycles. The highest BCUT2D eigenvalue weighted by Crippen LogP contribution is 2.33. The monoisotopic (exact) mass is 373 g/mol. The van der Waals surface area contributed by atoms with E-state index in [2.05, 4.69) is 15.8 Å². The van der Waals surface area contributed by atoms with Crippen molar-refractivity contribution in [2.45, 2.75) is 6.18 Å². The first kappa shape index (κ1) is 18.0. The molecule has 0 aliphatic rings. The maximum Gasteiger partial charge on any atom is 0.416 e. The van der Waals surface area contributed by atoms with Gasteiger partial charge in [0.2, 0.25) is 0 Å². The number of hydrazone groups is 1. The van der Waals surface area contributed by atoms with Crippen LogP contribution in [-0.2, 0) is 6.18 Å². The molecule has 0 amide bonds. The van der Waals surface area contributed by atoms with Crippen LogP contribution in [0.4, 0.5) is 18.9 Å². The Kier molecular flexibility index (Phi) is 5.63. The lowest BCUT2D eigenvalue weighted by molar-refractivity contribution is -0.137. The number of thiocarbonyl (C=S) groups is 1. The van der Waals surface area contributed by atoms with E-state index in [1.807, 2.05) is 0 Å². The number of benzene rings is 2.